The van der Waals surface area contributed by atoms with Gasteiger partial charge in [0.25, 0.3) is 0 Å². The normalized spacial score (nSPS) is 11.3. The van der Waals surface area contributed by atoms with E-state index < -0.39 is 0 Å². The van der Waals surface area contributed by atoms with Gasteiger partial charge in [0.05, 0.1) is 6.07 Å². The molecule has 0 amide bonds. The van der Waals surface area contributed by atoms with Gasteiger partial charge in [-0.25, -0.2) is 4.57 Å². The molecule has 132 valence electrons. The Morgan fingerprint density at radius 2 is 1.32 bits per heavy atom. The Hall–Kier alpha value is -2.54. The molecule has 1 unspecified atom stereocenters. The first-order valence-corrected chi connectivity index (χ1v) is 8.30. The highest BCUT2D eigenvalue weighted by molar-refractivity contribution is 5.54. The summed E-state index contributed by atoms with van der Waals surface area (Å²) in [5, 5.41) is 9.99. The summed E-state index contributed by atoms with van der Waals surface area (Å²) >= 11 is 0. The molecule has 2 rings (SSSR count). The second-order valence-corrected chi connectivity index (χ2v) is 6.80. The summed E-state index contributed by atoms with van der Waals surface area (Å²) in [7, 11) is 2.04. The molecule has 0 N–H and O–H groups in total. The fourth-order valence-electron chi connectivity index (χ4n) is 3.76. The minimum Gasteiger partial charge on any atom is -0.203 e. The van der Waals surface area contributed by atoms with Crippen molar-refractivity contribution in [3.8, 4) is 6.07 Å². The number of nitriles is 1. The van der Waals surface area contributed by atoms with Crippen molar-refractivity contribution < 1.29 is 4.57 Å². The summed E-state index contributed by atoms with van der Waals surface area (Å²) in [6.07, 6.45) is 2.10. The molecule has 25 heavy (non-hydrogen) atoms. The van der Waals surface area contributed by atoms with E-state index in [0.717, 1.165) is 5.69 Å². The van der Waals surface area contributed by atoms with E-state index in [0.29, 0.717) is 0 Å². The fourth-order valence-corrected chi connectivity index (χ4v) is 3.76. The molecule has 0 aliphatic rings. The van der Waals surface area contributed by atoms with Crippen LogP contribution in [0.3, 0.4) is 0 Å². The lowest BCUT2D eigenvalue weighted by molar-refractivity contribution is -0.680. The summed E-state index contributed by atoms with van der Waals surface area (Å²) in [5.74, 6) is -0.237. The maximum absolute atomic E-state index is 9.99. The quantitative estimate of drug-likeness (QED) is 0.762. The van der Waals surface area contributed by atoms with Crippen molar-refractivity contribution in [3.63, 3.8) is 0 Å². The standard InChI is InChI=1S/C21H27N2.O2/c1-12-9-13(2)21(23(8)11-12)19(10-22)20-17(6)15(4)14(3)16(5)18(20)7;1-2/h9,11,19H,1-8H3;/q+1;. The number of hydrogen-bond acceptors (Lipinski definition) is 3. The zero-order valence-corrected chi connectivity index (χ0v) is 16.4. The van der Waals surface area contributed by atoms with Gasteiger partial charge in [-0.1, -0.05) is 0 Å². The highest BCUT2D eigenvalue weighted by Gasteiger charge is 2.29. The number of hydrogen-bond donors (Lipinski definition) is 0. The monoisotopic (exact) mass is 339 g/mol. The van der Waals surface area contributed by atoms with Gasteiger partial charge in [-0.2, -0.15) is 5.26 Å². The molecule has 1 aromatic heterocycles. The van der Waals surface area contributed by atoms with Crippen LogP contribution < -0.4 is 4.57 Å². The molecular formula is C21H27N2O2+. The van der Waals surface area contributed by atoms with E-state index in [1.165, 1.54) is 44.5 Å². The second-order valence-electron chi connectivity index (χ2n) is 6.80. The molecule has 1 heterocycles. The highest BCUT2D eigenvalue weighted by atomic mass is 16.7. The number of aryl methyl sites for hydroxylation is 3. The Labute approximate surface area is 150 Å². The maximum atomic E-state index is 9.99. The third kappa shape index (κ3) is 3.61. The number of aromatic nitrogens is 1. The van der Waals surface area contributed by atoms with E-state index in [-0.39, 0.29) is 5.92 Å². The van der Waals surface area contributed by atoms with Crippen molar-refractivity contribution >= 4 is 0 Å². The summed E-state index contributed by atoms with van der Waals surface area (Å²) < 4.78 is 2.11. The first-order valence-electron chi connectivity index (χ1n) is 8.30. The van der Waals surface area contributed by atoms with E-state index >= 15 is 0 Å². The van der Waals surface area contributed by atoms with E-state index in [4.69, 9.17) is 9.93 Å². The molecule has 0 saturated heterocycles. The minimum absolute atomic E-state index is 0.237. The van der Waals surface area contributed by atoms with Gasteiger partial charge in [0.2, 0.25) is 5.69 Å². The molecule has 0 aliphatic heterocycles. The lowest BCUT2D eigenvalue weighted by Gasteiger charge is -2.21. The third-order valence-corrected chi connectivity index (χ3v) is 5.37. The molecule has 0 bridgehead atoms. The molecule has 0 radical (unpaired) electrons. The predicted octanol–water partition coefficient (Wildman–Crippen LogP) is 4.39. The first-order chi connectivity index (χ1) is 11.7. The largest absolute Gasteiger partial charge is 0.205 e. The van der Waals surface area contributed by atoms with Gasteiger partial charge in [-0.15, -0.1) is 0 Å². The number of nitrogens with zero attached hydrogens (tertiary/aromatic N) is 2. The molecule has 4 nitrogen and oxygen atoms in total. The lowest BCUT2D eigenvalue weighted by atomic mass is 9.81. The van der Waals surface area contributed by atoms with E-state index in [2.05, 4.69) is 71.4 Å². The minimum atomic E-state index is -0.237. The SMILES string of the molecule is Cc1cc(C)c(C(C#N)c2c(C)c(C)c(C)c(C)c2C)[n+](C)c1.O=O. The van der Waals surface area contributed by atoms with E-state index in [1.54, 1.807) is 0 Å². The van der Waals surface area contributed by atoms with Crippen LogP contribution in [0.1, 0.15) is 56.1 Å². The smallest absolute Gasteiger partial charge is 0.203 e. The van der Waals surface area contributed by atoms with Gasteiger partial charge >= 0.3 is 0 Å². The maximum Gasteiger partial charge on any atom is 0.205 e. The van der Waals surface area contributed by atoms with Crippen molar-refractivity contribution in [1.29, 1.82) is 5.26 Å². The van der Waals surface area contributed by atoms with E-state index in [9.17, 15) is 5.26 Å². The molecule has 0 spiro atoms. The predicted molar refractivity (Wildman–Crippen MR) is 101 cm³/mol. The van der Waals surface area contributed by atoms with Crippen LogP contribution in [0.5, 0.6) is 0 Å². The molecule has 1 atom stereocenters. The zero-order chi connectivity index (χ0) is 19.5. The molecule has 0 aliphatic carbocycles. The first kappa shape index (κ1) is 20.5. The number of benzene rings is 1. The average Bonchev–Trinajstić information content (AvgIpc) is 2.57. The Morgan fingerprint density at radius 1 is 0.880 bits per heavy atom. The Morgan fingerprint density at radius 3 is 1.72 bits per heavy atom. The van der Waals surface area contributed by atoms with Crippen LogP contribution in [-0.2, 0) is 7.05 Å². The van der Waals surface area contributed by atoms with Crippen molar-refractivity contribution in [2.24, 2.45) is 7.05 Å². The van der Waals surface area contributed by atoms with Crippen LogP contribution in [-0.4, -0.2) is 0 Å². The lowest BCUT2D eigenvalue weighted by Crippen LogP contribution is -2.37. The van der Waals surface area contributed by atoms with Gasteiger partial charge in [-0.3, -0.25) is 0 Å². The summed E-state index contributed by atoms with van der Waals surface area (Å²) in [5.41, 5.74) is 11.1. The second kappa shape index (κ2) is 8.02. The van der Waals surface area contributed by atoms with Crippen LogP contribution in [0.15, 0.2) is 12.3 Å². The number of pyridine rings is 1. The topological polar surface area (TPSA) is 61.8 Å². The third-order valence-electron chi connectivity index (χ3n) is 5.37. The van der Waals surface area contributed by atoms with Crippen molar-refractivity contribution in [1.82, 2.24) is 0 Å². The van der Waals surface area contributed by atoms with Gasteiger partial charge in [-0.05, 0) is 87.9 Å². The van der Waals surface area contributed by atoms with Crippen LogP contribution in [0, 0.1) is 69.7 Å². The van der Waals surface area contributed by atoms with E-state index in [1.807, 2.05) is 7.05 Å². The summed E-state index contributed by atoms with van der Waals surface area (Å²) in [6.45, 7) is 15.0. The van der Waals surface area contributed by atoms with Crippen molar-refractivity contribution in [2.45, 2.75) is 54.4 Å². The van der Waals surface area contributed by atoms with Gasteiger partial charge in [0, 0.05) is 21.1 Å². The summed E-state index contributed by atoms with van der Waals surface area (Å²) in [6, 6.07) is 4.74. The Bertz CT molecular complexity index is 796. The van der Waals surface area contributed by atoms with Crippen molar-refractivity contribution in [2.75, 3.05) is 0 Å². The average molecular weight is 339 g/mol. The van der Waals surface area contributed by atoms with Gasteiger partial charge in [0.15, 0.2) is 12.1 Å². The van der Waals surface area contributed by atoms with Crippen LogP contribution in [0.25, 0.3) is 0 Å². The fraction of sp³-hybridized carbons (Fsp3) is 0.429. The van der Waals surface area contributed by atoms with Crippen LogP contribution in [0.2, 0.25) is 0 Å². The summed E-state index contributed by atoms with van der Waals surface area (Å²) in [4.78, 5) is 14.0. The Kier molecular flexibility index (Phi) is 6.58. The molecule has 1 aromatic carbocycles. The molecular weight excluding hydrogens is 312 g/mol. The van der Waals surface area contributed by atoms with Gasteiger partial charge in [0.1, 0.15) is 7.05 Å². The van der Waals surface area contributed by atoms with Crippen molar-refractivity contribution in [3.05, 3.63) is 72.4 Å². The molecule has 4 heteroatoms. The molecule has 0 fully saturated rings. The highest BCUT2D eigenvalue weighted by Crippen LogP contribution is 2.34. The number of rotatable bonds is 2. The molecule has 0 saturated carbocycles. The zero-order valence-electron chi connectivity index (χ0n) is 16.4. The van der Waals surface area contributed by atoms with Crippen LogP contribution in [0.4, 0.5) is 0 Å². The Balaban J connectivity index is 0.00000151. The van der Waals surface area contributed by atoms with Gasteiger partial charge < -0.3 is 0 Å². The van der Waals surface area contributed by atoms with Crippen LogP contribution >= 0.6 is 0 Å². The molecule has 2 aromatic rings.